The molecule has 264 valence electrons. The maximum Gasteiger partial charge on any atom is 0.196 e. The van der Waals surface area contributed by atoms with Gasteiger partial charge in [0.2, 0.25) is 0 Å². The topological polar surface area (TPSA) is 77.3 Å². The molecule has 0 saturated carbocycles. The SMILES string of the molecule is Fc1c(F)c(I)c(F)c(I)c1F.c1ccc2nc3ccccc3nc2c1.c1ccc2nc3ccccc3nc2c1.c1ccc2nc3ccccc3nc2c1. The summed E-state index contributed by atoms with van der Waals surface area (Å²) in [6.45, 7) is 0. The Bertz CT molecular complexity index is 2270. The van der Waals surface area contributed by atoms with Crippen molar-refractivity contribution >= 4 is 111 Å². The van der Waals surface area contributed by atoms with Gasteiger partial charge in [-0.2, -0.15) is 0 Å². The number of nitrogens with zero attached hydrogens (tertiary/aromatic N) is 6. The highest BCUT2D eigenvalue weighted by Crippen LogP contribution is 2.26. The second-order valence-corrected chi connectivity index (χ2v) is 13.6. The van der Waals surface area contributed by atoms with Gasteiger partial charge < -0.3 is 0 Å². The Morgan fingerprint density at radius 2 is 0.389 bits per heavy atom. The first-order valence-corrected chi connectivity index (χ1v) is 18.4. The first-order valence-electron chi connectivity index (χ1n) is 16.3. The van der Waals surface area contributed by atoms with Gasteiger partial charge in [-0.15, -0.1) is 0 Å². The van der Waals surface area contributed by atoms with Crippen LogP contribution in [-0.4, -0.2) is 29.9 Å². The molecular formula is C42H24F4I2N6. The summed E-state index contributed by atoms with van der Waals surface area (Å²) in [5.41, 5.74) is 11.4. The third-order valence-corrected chi connectivity index (χ3v) is 9.79. The first kappa shape index (κ1) is 36.9. The van der Waals surface area contributed by atoms with Gasteiger partial charge in [-0.3, -0.25) is 0 Å². The van der Waals surface area contributed by atoms with E-state index in [1.165, 1.54) is 45.2 Å². The molecule has 0 saturated heterocycles. The van der Waals surface area contributed by atoms with Crippen LogP contribution in [0.15, 0.2) is 146 Å². The van der Waals surface area contributed by atoms with Crippen LogP contribution in [0.4, 0.5) is 17.6 Å². The van der Waals surface area contributed by atoms with Gasteiger partial charge in [-0.25, -0.2) is 47.5 Å². The van der Waals surface area contributed by atoms with Gasteiger partial charge in [-0.05, 0) is 118 Å². The predicted molar refractivity (Wildman–Crippen MR) is 223 cm³/mol. The zero-order valence-corrected chi connectivity index (χ0v) is 32.1. The lowest BCUT2D eigenvalue weighted by atomic mass is 10.2. The molecule has 0 atom stereocenters. The summed E-state index contributed by atoms with van der Waals surface area (Å²) in [5, 5.41) is 0. The smallest absolute Gasteiger partial charge is 0.196 e. The Morgan fingerprint density at radius 1 is 0.241 bits per heavy atom. The van der Waals surface area contributed by atoms with Crippen molar-refractivity contribution in [2.24, 2.45) is 0 Å². The van der Waals surface area contributed by atoms with Crippen LogP contribution in [-0.2, 0) is 0 Å². The van der Waals surface area contributed by atoms with Crippen molar-refractivity contribution in [3.05, 3.63) is 176 Å². The van der Waals surface area contributed by atoms with E-state index in [9.17, 15) is 17.6 Å². The van der Waals surface area contributed by atoms with E-state index in [-0.39, 0.29) is 0 Å². The normalized spacial score (nSPS) is 10.8. The molecule has 54 heavy (non-hydrogen) atoms. The van der Waals surface area contributed by atoms with Gasteiger partial charge in [0.25, 0.3) is 0 Å². The standard InChI is InChI=1S/3C12H8N2.C6F4I2/c3*1-2-6-10-9(5-1)13-11-7-3-4-8-12(11)14-10;7-1-2(8)5(11)4(10)6(12)3(1)9/h3*1-8H;. The number of hydrogen-bond donors (Lipinski definition) is 0. The van der Waals surface area contributed by atoms with Crippen molar-refractivity contribution in [2.75, 3.05) is 0 Å². The summed E-state index contributed by atoms with van der Waals surface area (Å²) >= 11 is 2.55. The van der Waals surface area contributed by atoms with Crippen LogP contribution < -0.4 is 0 Å². The highest BCUT2D eigenvalue weighted by Gasteiger charge is 2.22. The Hall–Kier alpha value is -5.48. The predicted octanol–water partition coefficient (Wildman–Crippen LogP) is 11.8. The molecule has 0 unspecified atom stereocenters. The number of para-hydroxylation sites is 12. The van der Waals surface area contributed by atoms with Gasteiger partial charge in [0, 0.05) is 0 Å². The Kier molecular flexibility index (Phi) is 11.4. The van der Waals surface area contributed by atoms with E-state index in [1.807, 2.05) is 146 Å². The molecule has 0 aliphatic carbocycles. The minimum atomic E-state index is -1.63. The number of aromatic nitrogens is 6. The van der Waals surface area contributed by atoms with Crippen molar-refractivity contribution in [1.82, 2.24) is 29.9 Å². The van der Waals surface area contributed by atoms with Crippen molar-refractivity contribution in [2.45, 2.75) is 0 Å². The summed E-state index contributed by atoms with van der Waals surface area (Å²) in [7, 11) is 0. The Morgan fingerprint density at radius 3 is 0.537 bits per heavy atom. The fraction of sp³-hybridized carbons (Fsp3) is 0. The number of fused-ring (bicyclic) bond motifs is 6. The maximum atomic E-state index is 12.8. The van der Waals surface area contributed by atoms with Crippen LogP contribution in [0.25, 0.3) is 66.2 Å². The molecule has 0 aliphatic rings. The van der Waals surface area contributed by atoms with Gasteiger partial charge in [0.05, 0.1) is 73.3 Å². The average molecular weight is 942 g/mol. The van der Waals surface area contributed by atoms with Gasteiger partial charge >= 0.3 is 0 Å². The minimum Gasteiger partial charge on any atom is -0.245 e. The molecule has 12 heteroatoms. The first-order chi connectivity index (χ1) is 26.3. The minimum absolute atomic E-state index is 0.532. The van der Waals surface area contributed by atoms with Crippen LogP contribution in [0.3, 0.4) is 0 Å². The van der Waals surface area contributed by atoms with Gasteiger partial charge in [0.15, 0.2) is 23.3 Å². The Labute approximate surface area is 332 Å². The Balaban J connectivity index is 0.000000111. The molecule has 0 bridgehead atoms. The highest BCUT2D eigenvalue weighted by atomic mass is 127. The van der Waals surface area contributed by atoms with Crippen LogP contribution in [0, 0.1) is 30.4 Å². The third-order valence-electron chi connectivity index (χ3n) is 7.89. The van der Waals surface area contributed by atoms with Crippen LogP contribution >= 0.6 is 45.2 Å². The van der Waals surface area contributed by atoms with Crippen LogP contribution in [0.1, 0.15) is 0 Å². The number of benzene rings is 7. The van der Waals surface area contributed by atoms with E-state index >= 15 is 0 Å². The molecule has 0 spiro atoms. The zero-order valence-electron chi connectivity index (χ0n) is 27.8. The maximum absolute atomic E-state index is 12.8. The quantitative estimate of drug-likeness (QED) is 0.0496. The second kappa shape index (κ2) is 16.7. The molecular weight excluding hydrogens is 918 g/mol. The lowest BCUT2D eigenvalue weighted by molar-refractivity contribution is 0.423. The summed E-state index contributed by atoms with van der Waals surface area (Å²) in [6.07, 6.45) is 0. The molecule has 0 amide bonds. The van der Waals surface area contributed by atoms with E-state index in [1.54, 1.807) is 0 Å². The largest absolute Gasteiger partial charge is 0.245 e. The van der Waals surface area contributed by atoms with E-state index in [0.717, 1.165) is 66.2 Å². The summed E-state index contributed by atoms with van der Waals surface area (Å²) in [5.74, 6) is -5.66. The van der Waals surface area contributed by atoms with Gasteiger partial charge in [-0.1, -0.05) is 72.8 Å². The lowest BCUT2D eigenvalue weighted by Crippen LogP contribution is -2.02. The van der Waals surface area contributed by atoms with Crippen molar-refractivity contribution in [3.63, 3.8) is 0 Å². The van der Waals surface area contributed by atoms with Gasteiger partial charge in [0.1, 0.15) is 0 Å². The molecule has 3 aromatic heterocycles. The summed E-state index contributed by atoms with van der Waals surface area (Å²) in [4.78, 5) is 27.1. The monoisotopic (exact) mass is 942 g/mol. The second-order valence-electron chi connectivity index (χ2n) is 11.5. The number of hydrogen-bond acceptors (Lipinski definition) is 6. The molecule has 0 fully saturated rings. The molecule has 3 heterocycles. The van der Waals surface area contributed by atoms with Crippen LogP contribution in [0.5, 0.6) is 0 Å². The van der Waals surface area contributed by atoms with E-state index in [0.29, 0.717) is 0 Å². The summed E-state index contributed by atoms with van der Waals surface area (Å²) in [6, 6.07) is 47.5. The van der Waals surface area contributed by atoms with E-state index in [2.05, 4.69) is 29.9 Å². The number of halogens is 6. The molecule has 7 aromatic carbocycles. The molecule has 0 radical (unpaired) electrons. The highest BCUT2D eigenvalue weighted by molar-refractivity contribution is 14.1. The van der Waals surface area contributed by atoms with Crippen molar-refractivity contribution in [3.8, 4) is 0 Å². The van der Waals surface area contributed by atoms with E-state index < -0.39 is 30.4 Å². The molecule has 0 aliphatic heterocycles. The lowest BCUT2D eigenvalue weighted by Gasteiger charge is -2.02. The average Bonchev–Trinajstić information content (AvgIpc) is 3.22. The molecule has 6 nitrogen and oxygen atoms in total. The summed E-state index contributed by atoms with van der Waals surface area (Å²) < 4.78 is 49.3. The third kappa shape index (κ3) is 8.19. The fourth-order valence-electron chi connectivity index (χ4n) is 5.28. The molecule has 0 N–H and O–H groups in total. The molecule has 10 aromatic rings. The van der Waals surface area contributed by atoms with E-state index in [4.69, 9.17) is 0 Å². The number of rotatable bonds is 0. The molecule has 10 rings (SSSR count). The van der Waals surface area contributed by atoms with Crippen molar-refractivity contribution in [1.29, 1.82) is 0 Å². The zero-order chi connectivity index (χ0) is 37.6. The van der Waals surface area contributed by atoms with Crippen LogP contribution in [0.2, 0.25) is 0 Å². The fourth-order valence-corrected chi connectivity index (χ4v) is 6.81. The van der Waals surface area contributed by atoms with Crippen molar-refractivity contribution < 1.29 is 17.6 Å².